The molecule has 0 aliphatic rings. The van der Waals surface area contributed by atoms with Crippen molar-refractivity contribution in [3.05, 3.63) is 48.0 Å². The Morgan fingerprint density at radius 1 is 1.05 bits per heavy atom. The van der Waals surface area contributed by atoms with Crippen LogP contribution in [0.15, 0.2) is 42.5 Å². The molecule has 0 radical (unpaired) electrons. The molecule has 0 aliphatic heterocycles. The van der Waals surface area contributed by atoms with Crippen LogP contribution in [0.1, 0.15) is 5.56 Å². The summed E-state index contributed by atoms with van der Waals surface area (Å²) >= 11 is 0. The van der Waals surface area contributed by atoms with Gasteiger partial charge < -0.3 is 10.5 Å². The van der Waals surface area contributed by atoms with Crippen molar-refractivity contribution in [2.75, 3.05) is 5.73 Å². The third-order valence-electron chi connectivity index (χ3n) is 2.70. The third kappa shape index (κ3) is 3.19. The zero-order chi connectivity index (χ0) is 14.0. The highest BCUT2D eigenvalue weighted by atomic mass is 19.4. The van der Waals surface area contributed by atoms with Crippen LogP contribution in [0.4, 0.5) is 18.9 Å². The van der Waals surface area contributed by atoms with Gasteiger partial charge in [-0.15, -0.1) is 13.2 Å². The summed E-state index contributed by atoms with van der Waals surface area (Å²) in [5.74, 6) is -0.238. The Hall–Kier alpha value is -2.17. The number of hydrogen-bond acceptors (Lipinski definition) is 2. The number of anilines is 1. The van der Waals surface area contributed by atoms with Gasteiger partial charge in [-0.25, -0.2) is 0 Å². The minimum absolute atomic E-state index is 0.238. The number of ether oxygens (including phenoxy) is 1. The molecule has 0 atom stereocenters. The SMILES string of the molecule is Cc1ccc(-c2ccccc2OC(F)(F)F)cc1N. The molecule has 0 saturated carbocycles. The van der Waals surface area contributed by atoms with Gasteiger partial charge in [0.05, 0.1) is 0 Å². The first-order valence-corrected chi connectivity index (χ1v) is 5.58. The summed E-state index contributed by atoms with van der Waals surface area (Å²) in [6.45, 7) is 1.83. The van der Waals surface area contributed by atoms with Crippen LogP contribution in [-0.2, 0) is 0 Å². The molecular weight excluding hydrogens is 255 g/mol. The van der Waals surface area contributed by atoms with E-state index in [9.17, 15) is 13.2 Å². The van der Waals surface area contributed by atoms with E-state index in [0.717, 1.165) is 5.56 Å². The lowest BCUT2D eigenvalue weighted by Gasteiger charge is -2.14. The number of nitrogens with two attached hydrogens (primary N) is 1. The lowest BCUT2D eigenvalue weighted by molar-refractivity contribution is -0.274. The van der Waals surface area contributed by atoms with Gasteiger partial charge in [-0.1, -0.05) is 30.3 Å². The third-order valence-corrected chi connectivity index (χ3v) is 2.70. The lowest BCUT2D eigenvalue weighted by atomic mass is 10.0. The van der Waals surface area contributed by atoms with E-state index in [1.54, 1.807) is 30.3 Å². The highest BCUT2D eigenvalue weighted by Crippen LogP contribution is 2.34. The van der Waals surface area contributed by atoms with E-state index in [0.29, 0.717) is 16.8 Å². The summed E-state index contributed by atoms with van der Waals surface area (Å²) in [6, 6.07) is 11.1. The largest absolute Gasteiger partial charge is 0.573 e. The number of nitrogen functional groups attached to an aromatic ring is 1. The summed E-state index contributed by atoms with van der Waals surface area (Å²) in [5, 5.41) is 0. The van der Waals surface area contributed by atoms with E-state index >= 15 is 0 Å². The van der Waals surface area contributed by atoms with Crippen LogP contribution in [-0.4, -0.2) is 6.36 Å². The van der Waals surface area contributed by atoms with E-state index in [2.05, 4.69) is 4.74 Å². The summed E-state index contributed by atoms with van der Waals surface area (Å²) in [5.41, 5.74) is 8.11. The van der Waals surface area contributed by atoms with Crippen molar-refractivity contribution in [3.8, 4) is 16.9 Å². The van der Waals surface area contributed by atoms with Crippen molar-refractivity contribution in [2.24, 2.45) is 0 Å². The number of halogens is 3. The standard InChI is InChI=1S/C14H12F3NO/c1-9-6-7-10(8-12(9)18)11-4-2-3-5-13(11)19-14(15,16)17/h2-8H,18H2,1H3. The number of rotatable bonds is 2. The molecular formula is C14H12F3NO. The molecule has 0 amide bonds. The maximum absolute atomic E-state index is 12.3. The number of benzene rings is 2. The Morgan fingerprint density at radius 3 is 2.37 bits per heavy atom. The van der Waals surface area contributed by atoms with E-state index in [4.69, 9.17) is 5.73 Å². The van der Waals surface area contributed by atoms with Crippen molar-refractivity contribution < 1.29 is 17.9 Å². The summed E-state index contributed by atoms with van der Waals surface area (Å²) < 4.78 is 41.0. The van der Waals surface area contributed by atoms with Crippen LogP contribution < -0.4 is 10.5 Å². The Balaban J connectivity index is 2.47. The fourth-order valence-electron chi connectivity index (χ4n) is 1.73. The summed E-state index contributed by atoms with van der Waals surface area (Å²) in [4.78, 5) is 0. The number of hydrogen-bond donors (Lipinski definition) is 1. The zero-order valence-corrected chi connectivity index (χ0v) is 10.2. The number of para-hydroxylation sites is 1. The van der Waals surface area contributed by atoms with Gasteiger partial charge in [0.1, 0.15) is 5.75 Å². The molecule has 2 aromatic rings. The molecule has 0 fully saturated rings. The average Bonchev–Trinajstić information content (AvgIpc) is 2.31. The Bertz CT molecular complexity index is 593. The summed E-state index contributed by atoms with van der Waals surface area (Å²) in [6.07, 6.45) is -4.72. The van der Waals surface area contributed by atoms with Gasteiger partial charge >= 0.3 is 6.36 Å². The number of aryl methyl sites for hydroxylation is 1. The van der Waals surface area contributed by atoms with Crippen molar-refractivity contribution in [1.29, 1.82) is 0 Å². The maximum atomic E-state index is 12.3. The molecule has 0 aromatic heterocycles. The second-order valence-electron chi connectivity index (χ2n) is 4.12. The van der Waals surface area contributed by atoms with E-state index < -0.39 is 6.36 Å². The van der Waals surface area contributed by atoms with Crippen LogP contribution in [0.2, 0.25) is 0 Å². The van der Waals surface area contributed by atoms with Crippen LogP contribution in [0.5, 0.6) is 5.75 Å². The zero-order valence-electron chi connectivity index (χ0n) is 10.2. The molecule has 100 valence electrons. The van der Waals surface area contributed by atoms with Gasteiger partial charge in [-0.05, 0) is 30.2 Å². The average molecular weight is 267 g/mol. The molecule has 5 heteroatoms. The molecule has 0 heterocycles. The van der Waals surface area contributed by atoms with Gasteiger partial charge in [-0.3, -0.25) is 0 Å². The predicted molar refractivity (Wildman–Crippen MR) is 67.7 cm³/mol. The molecule has 2 rings (SSSR count). The molecule has 0 unspecified atom stereocenters. The normalized spacial score (nSPS) is 11.4. The highest BCUT2D eigenvalue weighted by molar-refractivity contribution is 5.73. The van der Waals surface area contributed by atoms with Crippen LogP contribution in [0.3, 0.4) is 0 Å². The molecule has 0 saturated heterocycles. The Labute approximate surface area is 108 Å². The first-order valence-electron chi connectivity index (χ1n) is 5.58. The van der Waals surface area contributed by atoms with E-state index in [-0.39, 0.29) is 5.75 Å². The predicted octanol–water partition coefficient (Wildman–Crippen LogP) is 4.14. The first kappa shape index (κ1) is 13.3. The highest BCUT2D eigenvalue weighted by Gasteiger charge is 2.32. The smallest absolute Gasteiger partial charge is 0.405 e. The fourth-order valence-corrected chi connectivity index (χ4v) is 1.73. The van der Waals surface area contributed by atoms with Crippen LogP contribution >= 0.6 is 0 Å². The monoisotopic (exact) mass is 267 g/mol. The van der Waals surface area contributed by atoms with Gasteiger partial charge in [0.25, 0.3) is 0 Å². The van der Waals surface area contributed by atoms with Crippen molar-refractivity contribution in [1.82, 2.24) is 0 Å². The molecule has 2 nitrogen and oxygen atoms in total. The van der Waals surface area contributed by atoms with Gasteiger partial charge in [0, 0.05) is 11.3 Å². The van der Waals surface area contributed by atoms with E-state index in [1.165, 1.54) is 12.1 Å². The molecule has 0 bridgehead atoms. The Kier molecular flexibility index (Phi) is 3.38. The van der Waals surface area contributed by atoms with Crippen molar-refractivity contribution in [3.63, 3.8) is 0 Å². The van der Waals surface area contributed by atoms with Crippen molar-refractivity contribution in [2.45, 2.75) is 13.3 Å². The molecule has 2 N–H and O–H groups in total. The first-order chi connectivity index (χ1) is 8.87. The minimum Gasteiger partial charge on any atom is -0.405 e. The molecule has 0 spiro atoms. The lowest BCUT2D eigenvalue weighted by Crippen LogP contribution is -2.17. The van der Waals surface area contributed by atoms with Crippen molar-refractivity contribution >= 4 is 5.69 Å². The second kappa shape index (κ2) is 4.84. The molecule has 2 aromatic carbocycles. The fraction of sp³-hybridized carbons (Fsp3) is 0.143. The molecule has 0 aliphatic carbocycles. The van der Waals surface area contributed by atoms with Gasteiger partial charge in [-0.2, -0.15) is 0 Å². The number of alkyl halides is 3. The topological polar surface area (TPSA) is 35.2 Å². The maximum Gasteiger partial charge on any atom is 0.573 e. The minimum atomic E-state index is -4.72. The Morgan fingerprint density at radius 2 is 1.74 bits per heavy atom. The van der Waals surface area contributed by atoms with Gasteiger partial charge in [0.15, 0.2) is 0 Å². The van der Waals surface area contributed by atoms with Crippen LogP contribution in [0.25, 0.3) is 11.1 Å². The van der Waals surface area contributed by atoms with E-state index in [1.807, 2.05) is 6.92 Å². The van der Waals surface area contributed by atoms with Crippen LogP contribution in [0, 0.1) is 6.92 Å². The quantitative estimate of drug-likeness (QED) is 0.830. The second-order valence-corrected chi connectivity index (χ2v) is 4.12. The summed E-state index contributed by atoms with van der Waals surface area (Å²) in [7, 11) is 0. The van der Waals surface area contributed by atoms with Gasteiger partial charge in [0.2, 0.25) is 0 Å². The molecule has 19 heavy (non-hydrogen) atoms.